The van der Waals surface area contributed by atoms with Crippen molar-refractivity contribution >= 4 is 39.2 Å². The molecular formula is C16H16N4O9S2. The summed E-state index contributed by atoms with van der Waals surface area (Å²) in [6.45, 7) is 0.882. The van der Waals surface area contributed by atoms with Crippen molar-refractivity contribution in [2.45, 2.75) is 25.6 Å². The second kappa shape index (κ2) is 8.37. The number of hydrogen-bond donors (Lipinski definition) is 4. The molecule has 1 aliphatic rings. The van der Waals surface area contributed by atoms with Gasteiger partial charge in [-0.15, -0.1) is 11.3 Å². The molecule has 13 nitrogen and oxygen atoms in total. The first-order valence-electron chi connectivity index (χ1n) is 8.50. The van der Waals surface area contributed by atoms with Crippen LogP contribution in [0.4, 0.5) is 0 Å². The van der Waals surface area contributed by atoms with Crippen molar-refractivity contribution in [3.63, 3.8) is 0 Å². The summed E-state index contributed by atoms with van der Waals surface area (Å²) in [5.41, 5.74) is -1.07. The average Bonchev–Trinajstić information content (AvgIpc) is 3.20. The van der Waals surface area contributed by atoms with E-state index in [0.717, 1.165) is 23.6 Å². The van der Waals surface area contributed by atoms with Gasteiger partial charge in [0.15, 0.2) is 18.1 Å². The molecule has 1 saturated heterocycles. The van der Waals surface area contributed by atoms with Crippen molar-refractivity contribution in [2.75, 3.05) is 0 Å². The summed E-state index contributed by atoms with van der Waals surface area (Å²) in [6.07, 6.45) is 0.766. The number of rotatable bonds is 7. The molecule has 0 bridgehead atoms. The third kappa shape index (κ3) is 4.52. The Kier molecular flexibility index (Phi) is 6.01. The standard InChI is InChI=1S/C16H16N4O9S2/c1-8-13(16(24)20(8)31(26,27)28)17-15(23)14(12-3-2-4-30-12)18-29-7-9-5-10(21)11(22)6-19(9)25/h2-6,8,13,22,25H,7H2,1H3,(H,17,23)(H,26,27,28)/t8-,13-/m0/s1. The summed E-state index contributed by atoms with van der Waals surface area (Å²) < 4.78 is 32.1. The molecule has 2 aromatic heterocycles. The Balaban J connectivity index is 1.76. The maximum absolute atomic E-state index is 12.7. The topological polar surface area (TPSA) is 188 Å². The number of carbonyl (C=O) groups excluding carboxylic acids is 2. The van der Waals surface area contributed by atoms with Crippen LogP contribution in [0, 0.1) is 0 Å². The lowest BCUT2D eigenvalue weighted by atomic mass is 10.0. The molecule has 0 aliphatic carbocycles. The summed E-state index contributed by atoms with van der Waals surface area (Å²) in [7, 11) is -4.74. The molecule has 2 atom stereocenters. The molecule has 1 aliphatic heterocycles. The summed E-state index contributed by atoms with van der Waals surface area (Å²) in [6, 6.07) is 1.86. The third-order valence-electron chi connectivity index (χ3n) is 4.30. The van der Waals surface area contributed by atoms with Crippen LogP contribution in [-0.4, -0.2) is 61.9 Å². The van der Waals surface area contributed by atoms with Gasteiger partial charge in [-0.2, -0.15) is 13.1 Å². The average molecular weight is 472 g/mol. The lowest BCUT2D eigenvalue weighted by Crippen LogP contribution is -2.71. The van der Waals surface area contributed by atoms with Crippen molar-refractivity contribution in [2.24, 2.45) is 5.16 Å². The smallest absolute Gasteiger partial charge is 0.362 e. The van der Waals surface area contributed by atoms with Crippen LogP contribution in [0.3, 0.4) is 0 Å². The first kappa shape index (κ1) is 22.3. The van der Waals surface area contributed by atoms with Gasteiger partial charge in [-0.05, 0) is 18.4 Å². The maximum atomic E-state index is 12.7. The molecule has 15 heteroatoms. The monoisotopic (exact) mass is 472 g/mol. The van der Waals surface area contributed by atoms with Gasteiger partial charge in [0.05, 0.1) is 17.1 Å². The maximum Gasteiger partial charge on any atom is 0.362 e. The second-order valence-corrected chi connectivity index (χ2v) is 8.59. The zero-order valence-corrected chi connectivity index (χ0v) is 17.3. The number of thiophene rings is 1. The highest BCUT2D eigenvalue weighted by molar-refractivity contribution is 7.84. The van der Waals surface area contributed by atoms with Gasteiger partial charge in [0.25, 0.3) is 11.8 Å². The highest BCUT2D eigenvalue weighted by atomic mass is 32.2. The molecule has 0 spiro atoms. The molecule has 166 valence electrons. The highest BCUT2D eigenvalue weighted by Gasteiger charge is 2.51. The van der Waals surface area contributed by atoms with Crippen LogP contribution in [0.1, 0.15) is 17.5 Å². The minimum atomic E-state index is -4.74. The molecule has 0 unspecified atom stereocenters. The fraction of sp³-hybridized carbons (Fsp3) is 0.250. The number of β-lactam (4-membered cyclic amide) rings is 1. The predicted octanol–water partition coefficient (Wildman–Crippen LogP) is -0.708. The van der Waals surface area contributed by atoms with Gasteiger partial charge in [-0.1, -0.05) is 11.2 Å². The van der Waals surface area contributed by atoms with Gasteiger partial charge in [0, 0.05) is 6.07 Å². The van der Waals surface area contributed by atoms with Crippen LogP contribution in [0.25, 0.3) is 0 Å². The largest absolute Gasteiger partial charge is 0.503 e. The molecule has 4 N–H and O–H groups in total. The van der Waals surface area contributed by atoms with Crippen molar-refractivity contribution in [1.82, 2.24) is 14.4 Å². The summed E-state index contributed by atoms with van der Waals surface area (Å²) in [5, 5.41) is 26.7. The summed E-state index contributed by atoms with van der Waals surface area (Å²) in [4.78, 5) is 41.5. The van der Waals surface area contributed by atoms with E-state index in [1.54, 1.807) is 17.5 Å². The number of nitrogens with one attached hydrogen (secondary N) is 1. The zero-order chi connectivity index (χ0) is 22.9. The molecule has 1 fully saturated rings. The van der Waals surface area contributed by atoms with Gasteiger partial charge in [0.1, 0.15) is 11.7 Å². The number of aromatic hydroxyl groups is 1. The predicted molar refractivity (Wildman–Crippen MR) is 105 cm³/mol. The van der Waals surface area contributed by atoms with E-state index in [9.17, 15) is 33.1 Å². The number of carbonyl (C=O) groups is 2. The molecule has 2 amide bonds. The van der Waals surface area contributed by atoms with Crippen molar-refractivity contribution in [1.29, 1.82) is 0 Å². The van der Waals surface area contributed by atoms with Crippen LogP contribution in [-0.2, 0) is 31.3 Å². The minimum Gasteiger partial charge on any atom is -0.503 e. The number of amides is 2. The van der Waals surface area contributed by atoms with E-state index in [4.69, 9.17) is 9.39 Å². The Morgan fingerprint density at radius 2 is 2.10 bits per heavy atom. The fourth-order valence-electron chi connectivity index (χ4n) is 2.75. The molecule has 3 rings (SSSR count). The number of nitrogens with zero attached hydrogens (tertiary/aromatic N) is 3. The number of aromatic nitrogens is 1. The first-order valence-corrected chi connectivity index (χ1v) is 10.8. The molecule has 0 saturated carbocycles. The van der Waals surface area contributed by atoms with E-state index in [1.165, 1.54) is 6.92 Å². The van der Waals surface area contributed by atoms with Gasteiger partial charge >= 0.3 is 10.3 Å². The third-order valence-corrected chi connectivity index (χ3v) is 6.18. The Labute approximate surface area is 178 Å². The van der Waals surface area contributed by atoms with Crippen LogP contribution in [0.2, 0.25) is 0 Å². The van der Waals surface area contributed by atoms with Crippen molar-refractivity contribution < 1.29 is 37.7 Å². The van der Waals surface area contributed by atoms with E-state index in [2.05, 4.69) is 10.5 Å². The van der Waals surface area contributed by atoms with Crippen LogP contribution >= 0.6 is 11.3 Å². The Hall–Kier alpha value is -3.43. The van der Waals surface area contributed by atoms with Gasteiger partial charge in [-0.3, -0.25) is 18.9 Å². The van der Waals surface area contributed by atoms with Crippen LogP contribution in [0.15, 0.2) is 39.7 Å². The van der Waals surface area contributed by atoms with E-state index >= 15 is 0 Å². The first-order chi connectivity index (χ1) is 14.5. The van der Waals surface area contributed by atoms with E-state index in [1.807, 2.05) is 0 Å². The molecule has 0 aromatic carbocycles. The van der Waals surface area contributed by atoms with Crippen LogP contribution < -0.4 is 10.7 Å². The lowest BCUT2D eigenvalue weighted by Gasteiger charge is -2.42. The SMILES string of the molecule is C[C@H]1[C@H](NC(=O)C(=NOCc2cc(=O)c(O)cn2O)c2cccs2)C(=O)N1S(=O)(=O)O. The molecule has 31 heavy (non-hydrogen) atoms. The highest BCUT2D eigenvalue weighted by Crippen LogP contribution is 2.23. The summed E-state index contributed by atoms with van der Waals surface area (Å²) >= 11 is 1.13. The van der Waals surface area contributed by atoms with Gasteiger partial charge < -0.3 is 20.5 Å². The molecular weight excluding hydrogens is 456 g/mol. The van der Waals surface area contributed by atoms with E-state index in [-0.39, 0.29) is 15.7 Å². The Bertz CT molecular complexity index is 1200. The summed E-state index contributed by atoms with van der Waals surface area (Å²) in [5.74, 6) is -2.54. The van der Waals surface area contributed by atoms with E-state index in [0.29, 0.717) is 9.61 Å². The van der Waals surface area contributed by atoms with Crippen molar-refractivity contribution in [3.8, 4) is 5.75 Å². The minimum absolute atomic E-state index is 0.0657. The normalized spacial score (nSPS) is 19.1. The van der Waals surface area contributed by atoms with E-state index < -0.39 is 52.0 Å². The van der Waals surface area contributed by atoms with Crippen LogP contribution in [0.5, 0.6) is 5.75 Å². The quantitative estimate of drug-likeness (QED) is 0.133. The Morgan fingerprint density at radius 3 is 2.68 bits per heavy atom. The lowest BCUT2D eigenvalue weighted by molar-refractivity contribution is -0.143. The number of hydrogen-bond acceptors (Lipinski definition) is 10. The number of pyridine rings is 1. The Morgan fingerprint density at radius 1 is 1.39 bits per heavy atom. The fourth-order valence-corrected chi connectivity index (χ4v) is 4.33. The zero-order valence-electron chi connectivity index (χ0n) is 15.7. The molecule has 0 radical (unpaired) electrons. The second-order valence-electron chi connectivity index (χ2n) is 6.35. The van der Waals surface area contributed by atoms with Crippen molar-refractivity contribution in [3.05, 3.63) is 50.6 Å². The number of oxime groups is 1. The van der Waals surface area contributed by atoms with Gasteiger partial charge in [0.2, 0.25) is 5.43 Å². The van der Waals surface area contributed by atoms with Gasteiger partial charge in [-0.25, -0.2) is 4.31 Å². The molecule has 2 aromatic rings. The molecule has 3 heterocycles.